The summed E-state index contributed by atoms with van der Waals surface area (Å²) in [6.45, 7) is 0.885. The molecule has 0 saturated carbocycles. The normalized spacial score (nSPS) is 14.3. The van der Waals surface area contributed by atoms with Gasteiger partial charge in [-0.2, -0.15) is 0 Å². The first kappa shape index (κ1) is 14.0. The van der Waals surface area contributed by atoms with E-state index in [2.05, 4.69) is 4.98 Å². The Morgan fingerprint density at radius 1 is 1.27 bits per heavy atom. The molecule has 0 radical (unpaired) electrons. The third-order valence-corrected chi connectivity index (χ3v) is 3.36. The van der Waals surface area contributed by atoms with Gasteiger partial charge in [-0.25, -0.2) is 4.98 Å². The first-order chi connectivity index (χ1) is 10.6. The number of benzene rings is 1. The van der Waals surface area contributed by atoms with Crippen molar-refractivity contribution < 1.29 is 14.5 Å². The zero-order valence-electron chi connectivity index (χ0n) is 11.6. The molecular formula is C15H13N3O4. The molecule has 112 valence electrons. The highest BCUT2D eigenvalue weighted by molar-refractivity contribution is 5.95. The second kappa shape index (κ2) is 5.80. The van der Waals surface area contributed by atoms with E-state index < -0.39 is 4.92 Å². The maximum Gasteiger partial charge on any atom is 0.270 e. The van der Waals surface area contributed by atoms with Crippen molar-refractivity contribution in [2.24, 2.45) is 0 Å². The van der Waals surface area contributed by atoms with E-state index in [1.54, 1.807) is 29.3 Å². The van der Waals surface area contributed by atoms with Crippen molar-refractivity contribution in [2.75, 3.05) is 13.1 Å². The van der Waals surface area contributed by atoms with E-state index in [0.717, 1.165) is 0 Å². The molecule has 1 aromatic carbocycles. The quantitative estimate of drug-likeness (QED) is 0.635. The van der Waals surface area contributed by atoms with Crippen LogP contribution in [0, 0.1) is 10.1 Å². The van der Waals surface area contributed by atoms with Gasteiger partial charge in [0.25, 0.3) is 11.6 Å². The number of carbonyl (C=O) groups is 1. The van der Waals surface area contributed by atoms with Crippen LogP contribution in [0.25, 0.3) is 0 Å². The predicted molar refractivity (Wildman–Crippen MR) is 77.7 cm³/mol. The summed E-state index contributed by atoms with van der Waals surface area (Å²) in [5, 5.41) is 10.7. The van der Waals surface area contributed by atoms with Gasteiger partial charge in [0.15, 0.2) is 0 Å². The van der Waals surface area contributed by atoms with Crippen LogP contribution in [0.4, 0.5) is 5.69 Å². The zero-order valence-corrected chi connectivity index (χ0v) is 11.6. The first-order valence-corrected chi connectivity index (χ1v) is 6.75. The number of hydrogen-bond acceptors (Lipinski definition) is 5. The summed E-state index contributed by atoms with van der Waals surface area (Å²) in [5.74, 6) is 0.291. The highest BCUT2D eigenvalue weighted by Crippen LogP contribution is 2.20. The molecule has 0 N–H and O–H groups in total. The van der Waals surface area contributed by atoms with Crippen LogP contribution in [0.1, 0.15) is 10.4 Å². The molecule has 1 aliphatic heterocycles. The molecule has 7 heteroatoms. The summed E-state index contributed by atoms with van der Waals surface area (Å²) in [4.78, 5) is 28.1. The SMILES string of the molecule is O=C(c1cccc([N+](=O)[O-])c1)N1CC(Oc2ccccn2)C1. The Morgan fingerprint density at radius 3 is 2.77 bits per heavy atom. The molecule has 3 rings (SSSR count). The molecular weight excluding hydrogens is 286 g/mol. The topological polar surface area (TPSA) is 85.6 Å². The molecule has 0 spiro atoms. The Balaban J connectivity index is 1.59. The largest absolute Gasteiger partial charge is 0.471 e. The number of pyridine rings is 1. The molecule has 2 heterocycles. The second-order valence-corrected chi connectivity index (χ2v) is 4.93. The highest BCUT2D eigenvalue weighted by atomic mass is 16.6. The summed E-state index contributed by atoms with van der Waals surface area (Å²) in [7, 11) is 0. The van der Waals surface area contributed by atoms with E-state index in [-0.39, 0.29) is 17.7 Å². The molecule has 1 saturated heterocycles. The highest BCUT2D eigenvalue weighted by Gasteiger charge is 2.33. The van der Waals surface area contributed by atoms with Gasteiger partial charge < -0.3 is 9.64 Å². The van der Waals surface area contributed by atoms with Crippen molar-refractivity contribution in [3.63, 3.8) is 0 Å². The lowest BCUT2D eigenvalue weighted by Crippen LogP contribution is -2.56. The van der Waals surface area contributed by atoms with Gasteiger partial charge in [-0.15, -0.1) is 0 Å². The van der Waals surface area contributed by atoms with Gasteiger partial charge in [0.05, 0.1) is 18.0 Å². The van der Waals surface area contributed by atoms with Crippen molar-refractivity contribution in [3.05, 3.63) is 64.3 Å². The average molecular weight is 299 g/mol. The number of rotatable bonds is 4. The van der Waals surface area contributed by atoms with E-state index >= 15 is 0 Å². The van der Waals surface area contributed by atoms with Crippen LogP contribution in [-0.4, -0.2) is 39.9 Å². The molecule has 1 fully saturated rings. The fraction of sp³-hybridized carbons (Fsp3) is 0.200. The molecule has 0 aliphatic carbocycles. The van der Waals surface area contributed by atoms with Crippen LogP contribution >= 0.6 is 0 Å². The van der Waals surface area contributed by atoms with Gasteiger partial charge in [0.1, 0.15) is 6.10 Å². The molecule has 1 aromatic heterocycles. The summed E-state index contributed by atoms with van der Waals surface area (Å²) < 4.78 is 5.62. The smallest absolute Gasteiger partial charge is 0.270 e. The second-order valence-electron chi connectivity index (χ2n) is 4.93. The molecule has 2 aromatic rings. The number of nitrogens with zero attached hydrogens (tertiary/aromatic N) is 3. The van der Waals surface area contributed by atoms with Gasteiger partial charge >= 0.3 is 0 Å². The lowest BCUT2D eigenvalue weighted by Gasteiger charge is -2.38. The van der Waals surface area contributed by atoms with E-state index in [9.17, 15) is 14.9 Å². The number of nitro benzene ring substituents is 1. The van der Waals surface area contributed by atoms with Crippen molar-refractivity contribution in [1.82, 2.24) is 9.88 Å². The number of non-ortho nitro benzene ring substituents is 1. The summed E-state index contributed by atoms with van der Waals surface area (Å²) in [5.41, 5.74) is 0.221. The fourth-order valence-corrected chi connectivity index (χ4v) is 2.20. The Bertz CT molecular complexity index is 699. The minimum Gasteiger partial charge on any atom is -0.471 e. The first-order valence-electron chi connectivity index (χ1n) is 6.75. The Hall–Kier alpha value is -2.96. The molecule has 0 unspecified atom stereocenters. The van der Waals surface area contributed by atoms with Crippen LogP contribution in [0.5, 0.6) is 5.88 Å². The molecule has 0 bridgehead atoms. The molecule has 7 nitrogen and oxygen atoms in total. The molecule has 1 aliphatic rings. The van der Waals surface area contributed by atoms with Crippen molar-refractivity contribution >= 4 is 11.6 Å². The Morgan fingerprint density at radius 2 is 2.09 bits per heavy atom. The van der Waals surface area contributed by atoms with E-state index in [1.807, 2.05) is 6.07 Å². The summed E-state index contributed by atoms with van der Waals surface area (Å²) in [6, 6.07) is 11.1. The van der Waals surface area contributed by atoms with Gasteiger partial charge in [-0.1, -0.05) is 12.1 Å². The van der Waals surface area contributed by atoms with Gasteiger partial charge in [-0.05, 0) is 12.1 Å². The van der Waals surface area contributed by atoms with Crippen molar-refractivity contribution in [2.45, 2.75) is 6.10 Å². The van der Waals surface area contributed by atoms with Crippen molar-refractivity contribution in [3.8, 4) is 5.88 Å². The number of ether oxygens (including phenoxy) is 1. The number of likely N-dealkylation sites (tertiary alicyclic amines) is 1. The number of carbonyl (C=O) groups excluding carboxylic acids is 1. The summed E-state index contributed by atoms with van der Waals surface area (Å²) >= 11 is 0. The molecule has 1 amide bonds. The van der Waals surface area contributed by atoms with Crippen LogP contribution in [-0.2, 0) is 0 Å². The number of aromatic nitrogens is 1. The van der Waals surface area contributed by atoms with Crippen LogP contribution < -0.4 is 4.74 Å². The average Bonchev–Trinajstić information content (AvgIpc) is 2.51. The lowest BCUT2D eigenvalue weighted by molar-refractivity contribution is -0.384. The van der Waals surface area contributed by atoms with E-state index in [0.29, 0.717) is 24.5 Å². The maximum absolute atomic E-state index is 12.2. The fourth-order valence-electron chi connectivity index (χ4n) is 2.20. The monoisotopic (exact) mass is 299 g/mol. The predicted octanol–water partition coefficient (Wildman–Crippen LogP) is 1.89. The van der Waals surface area contributed by atoms with Gasteiger partial charge in [0.2, 0.25) is 5.88 Å². The number of amides is 1. The third-order valence-electron chi connectivity index (χ3n) is 3.36. The summed E-state index contributed by atoms with van der Waals surface area (Å²) in [6.07, 6.45) is 1.54. The molecule has 0 atom stereocenters. The lowest BCUT2D eigenvalue weighted by atomic mass is 10.1. The Labute approximate surface area is 126 Å². The van der Waals surface area contributed by atoms with E-state index in [4.69, 9.17) is 4.74 Å². The van der Waals surface area contributed by atoms with Crippen LogP contribution in [0.3, 0.4) is 0 Å². The minimum atomic E-state index is -0.514. The maximum atomic E-state index is 12.2. The van der Waals surface area contributed by atoms with Crippen LogP contribution in [0.15, 0.2) is 48.7 Å². The van der Waals surface area contributed by atoms with Crippen LogP contribution in [0.2, 0.25) is 0 Å². The van der Waals surface area contributed by atoms with Crippen molar-refractivity contribution in [1.29, 1.82) is 0 Å². The Kier molecular flexibility index (Phi) is 3.69. The minimum absolute atomic E-state index is 0.0901. The van der Waals surface area contributed by atoms with E-state index in [1.165, 1.54) is 18.2 Å². The number of hydrogen-bond donors (Lipinski definition) is 0. The zero-order chi connectivity index (χ0) is 15.5. The number of nitro groups is 1. The molecule has 22 heavy (non-hydrogen) atoms. The third kappa shape index (κ3) is 2.88. The standard InChI is InChI=1S/C15H13N3O4/c19-15(11-4-3-5-12(8-11)18(20)21)17-9-13(10-17)22-14-6-1-2-7-16-14/h1-8,13H,9-10H2. The van der Waals surface area contributed by atoms with Gasteiger partial charge in [-0.3, -0.25) is 14.9 Å². The van der Waals surface area contributed by atoms with Gasteiger partial charge in [0, 0.05) is 30.0 Å².